The zero-order valence-electron chi connectivity index (χ0n) is 11.9. The smallest absolute Gasteiger partial charge is 0.273 e. The number of aryl methyl sites for hydroxylation is 2. The van der Waals surface area contributed by atoms with Crippen LogP contribution in [0.3, 0.4) is 0 Å². The average Bonchev–Trinajstić information content (AvgIpc) is 2.88. The van der Waals surface area contributed by atoms with Crippen LogP contribution >= 0.6 is 0 Å². The van der Waals surface area contributed by atoms with Crippen LogP contribution in [0, 0.1) is 0 Å². The van der Waals surface area contributed by atoms with Crippen LogP contribution in [-0.4, -0.2) is 26.7 Å². The minimum Gasteiger partial charge on any atom is -0.409 e. The van der Waals surface area contributed by atoms with Gasteiger partial charge in [-0.05, 0) is 36.8 Å². The van der Waals surface area contributed by atoms with Gasteiger partial charge >= 0.3 is 0 Å². The Morgan fingerprint density at radius 1 is 1.43 bits per heavy atom. The van der Waals surface area contributed by atoms with E-state index in [1.165, 1.54) is 0 Å². The molecule has 2 rings (SSSR count). The zero-order valence-corrected chi connectivity index (χ0v) is 11.9. The van der Waals surface area contributed by atoms with E-state index in [0.29, 0.717) is 16.9 Å². The van der Waals surface area contributed by atoms with Crippen LogP contribution in [0.5, 0.6) is 0 Å². The number of aromatic nitrogens is 2. The van der Waals surface area contributed by atoms with Crippen LogP contribution in [-0.2, 0) is 13.5 Å². The fourth-order valence-electron chi connectivity index (χ4n) is 1.89. The van der Waals surface area contributed by atoms with Crippen molar-refractivity contribution in [2.75, 3.05) is 5.32 Å². The summed E-state index contributed by atoms with van der Waals surface area (Å²) in [5.41, 5.74) is 8.03. The summed E-state index contributed by atoms with van der Waals surface area (Å²) in [6, 6.07) is 8.45. The van der Waals surface area contributed by atoms with Crippen LogP contribution in [0.25, 0.3) is 0 Å². The number of rotatable bonds is 4. The summed E-state index contributed by atoms with van der Waals surface area (Å²) in [5, 5.41) is 18.5. The molecule has 0 bridgehead atoms. The van der Waals surface area contributed by atoms with Gasteiger partial charge in [0.1, 0.15) is 5.69 Å². The molecule has 1 amide bonds. The molecule has 0 fully saturated rings. The van der Waals surface area contributed by atoms with Crippen molar-refractivity contribution >= 4 is 17.4 Å². The van der Waals surface area contributed by atoms with Crippen molar-refractivity contribution in [3.05, 3.63) is 47.3 Å². The van der Waals surface area contributed by atoms with Crippen molar-refractivity contribution in [3.8, 4) is 0 Å². The van der Waals surface area contributed by atoms with Gasteiger partial charge in [0.2, 0.25) is 0 Å². The third kappa shape index (κ3) is 3.19. The fraction of sp³-hybridized carbons (Fsp3) is 0.214. The second kappa shape index (κ2) is 6.08. The van der Waals surface area contributed by atoms with Gasteiger partial charge in [-0.25, -0.2) is 0 Å². The number of amides is 1. The lowest BCUT2D eigenvalue weighted by Crippen LogP contribution is -2.16. The molecule has 7 nitrogen and oxygen atoms in total. The van der Waals surface area contributed by atoms with E-state index in [4.69, 9.17) is 10.9 Å². The van der Waals surface area contributed by atoms with E-state index in [1.54, 1.807) is 42.1 Å². The van der Waals surface area contributed by atoms with Gasteiger partial charge in [-0.3, -0.25) is 9.48 Å². The molecule has 0 spiro atoms. The van der Waals surface area contributed by atoms with Crippen LogP contribution in [0.2, 0.25) is 0 Å². The zero-order chi connectivity index (χ0) is 15.4. The highest BCUT2D eigenvalue weighted by atomic mass is 16.4. The van der Waals surface area contributed by atoms with Crippen LogP contribution in [0.1, 0.15) is 28.7 Å². The van der Waals surface area contributed by atoms with Crippen molar-refractivity contribution in [1.29, 1.82) is 0 Å². The molecule has 0 saturated carbocycles. The Hall–Kier alpha value is -2.83. The number of benzene rings is 1. The number of carbonyl (C=O) groups is 1. The minimum atomic E-state index is -0.235. The summed E-state index contributed by atoms with van der Waals surface area (Å²) >= 11 is 0. The molecule has 4 N–H and O–H groups in total. The van der Waals surface area contributed by atoms with Crippen molar-refractivity contribution in [1.82, 2.24) is 9.78 Å². The van der Waals surface area contributed by atoms with Gasteiger partial charge in [0.05, 0.1) is 5.69 Å². The Labute approximate surface area is 122 Å². The minimum absolute atomic E-state index is 0.0205. The van der Waals surface area contributed by atoms with E-state index >= 15 is 0 Å². The number of hydrogen-bond donors (Lipinski definition) is 3. The molecule has 21 heavy (non-hydrogen) atoms. The molecule has 0 radical (unpaired) electrons. The maximum absolute atomic E-state index is 12.2. The largest absolute Gasteiger partial charge is 0.409 e. The lowest BCUT2D eigenvalue weighted by Gasteiger charge is -2.06. The molecule has 0 unspecified atom stereocenters. The topological polar surface area (TPSA) is 106 Å². The number of carbonyl (C=O) groups excluding carboxylic acids is 1. The number of nitrogens with one attached hydrogen (secondary N) is 1. The molecule has 1 aromatic carbocycles. The molecule has 110 valence electrons. The van der Waals surface area contributed by atoms with E-state index in [9.17, 15) is 4.79 Å². The first-order valence-electron chi connectivity index (χ1n) is 6.47. The molecular weight excluding hydrogens is 270 g/mol. The monoisotopic (exact) mass is 287 g/mol. The third-order valence-corrected chi connectivity index (χ3v) is 3.07. The summed E-state index contributed by atoms with van der Waals surface area (Å²) < 4.78 is 1.55. The molecule has 0 aliphatic carbocycles. The molecule has 7 heteroatoms. The second-order valence-corrected chi connectivity index (χ2v) is 4.51. The lowest BCUT2D eigenvalue weighted by molar-refractivity contribution is 0.101. The molecule has 0 aliphatic rings. The Morgan fingerprint density at radius 2 is 2.10 bits per heavy atom. The van der Waals surface area contributed by atoms with E-state index in [1.807, 2.05) is 6.92 Å². The lowest BCUT2D eigenvalue weighted by atomic mass is 10.2. The quantitative estimate of drug-likeness (QED) is 0.341. The molecule has 0 atom stereocenters. The Balaban J connectivity index is 2.14. The molecule has 0 aliphatic heterocycles. The summed E-state index contributed by atoms with van der Waals surface area (Å²) in [7, 11) is 1.73. The van der Waals surface area contributed by atoms with Crippen molar-refractivity contribution in [2.45, 2.75) is 13.3 Å². The average molecular weight is 287 g/mol. The highest BCUT2D eigenvalue weighted by Gasteiger charge is 2.12. The second-order valence-electron chi connectivity index (χ2n) is 4.51. The molecular formula is C14H17N5O2. The summed E-state index contributed by atoms with van der Waals surface area (Å²) in [5.74, 6) is -0.214. The maximum atomic E-state index is 12.2. The summed E-state index contributed by atoms with van der Waals surface area (Å²) in [6.07, 6.45) is 0.773. The SMILES string of the molecule is CCc1cc(C(=O)Nc2ccc(C(N)=NO)cc2)n(C)n1. The summed E-state index contributed by atoms with van der Waals surface area (Å²) in [4.78, 5) is 12.2. The number of nitrogens with two attached hydrogens (primary N) is 1. The normalized spacial score (nSPS) is 11.4. The summed E-state index contributed by atoms with van der Waals surface area (Å²) in [6.45, 7) is 1.98. The third-order valence-electron chi connectivity index (χ3n) is 3.07. The highest BCUT2D eigenvalue weighted by molar-refractivity contribution is 6.03. The van der Waals surface area contributed by atoms with Gasteiger partial charge in [-0.1, -0.05) is 12.1 Å². The first kappa shape index (κ1) is 14.6. The van der Waals surface area contributed by atoms with E-state index in [2.05, 4.69) is 15.6 Å². The highest BCUT2D eigenvalue weighted by Crippen LogP contribution is 2.12. The molecule has 1 heterocycles. The van der Waals surface area contributed by atoms with Crippen LogP contribution in [0.15, 0.2) is 35.5 Å². The van der Waals surface area contributed by atoms with Crippen LogP contribution in [0.4, 0.5) is 5.69 Å². The van der Waals surface area contributed by atoms with Crippen molar-refractivity contribution in [3.63, 3.8) is 0 Å². The van der Waals surface area contributed by atoms with Gasteiger partial charge < -0.3 is 16.3 Å². The Bertz CT molecular complexity index is 673. The van der Waals surface area contributed by atoms with Gasteiger partial charge in [0.15, 0.2) is 5.84 Å². The number of nitrogens with zero attached hydrogens (tertiary/aromatic N) is 3. The first-order chi connectivity index (χ1) is 10.0. The predicted octanol–water partition coefficient (Wildman–Crippen LogP) is 1.33. The number of anilines is 1. The standard InChI is InChI=1S/C14H17N5O2/c1-3-10-8-12(19(2)17-10)14(20)16-11-6-4-9(5-7-11)13(15)18-21/h4-8,21H,3H2,1-2H3,(H2,15,18)(H,16,20). The predicted molar refractivity (Wildman–Crippen MR) is 79.5 cm³/mol. The van der Waals surface area contributed by atoms with Gasteiger partial charge in [-0.15, -0.1) is 0 Å². The van der Waals surface area contributed by atoms with Gasteiger partial charge in [-0.2, -0.15) is 5.10 Å². The van der Waals surface area contributed by atoms with Gasteiger partial charge in [0.25, 0.3) is 5.91 Å². The van der Waals surface area contributed by atoms with E-state index in [0.717, 1.165) is 12.1 Å². The first-order valence-corrected chi connectivity index (χ1v) is 6.47. The number of oxime groups is 1. The molecule has 1 aromatic heterocycles. The fourth-order valence-corrected chi connectivity index (χ4v) is 1.89. The van der Waals surface area contributed by atoms with E-state index < -0.39 is 0 Å². The van der Waals surface area contributed by atoms with Gasteiger partial charge in [0, 0.05) is 18.3 Å². The Kier molecular flexibility index (Phi) is 4.22. The van der Waals surface area contributed by atoms with Crippen LogP contribution < -0.4 is 11.1 Å². The molecule has 2 aromatic rings. The maximum Gasteiger partial charge on any atom is 0.273 e. The number of amidine groups is 1. The number of hydrogen-bond acceptors (Lipinski definition) is 4. The van der Waals surface area contributed by atoms with Crippen molar-refractivity contribution < 1.29 is 10.0 Å². The Morgan fingerprint density at radius 3 is 2.62 bits per heavy atom. The van der Waals surface area contributed by atoms with Crippen molar-refractivity contribution in [2.24, 2.45) is 17.9 Å². The van der Waals surface area contributed by atoms with E-state index in [-0.39, 0.29) is 11.7 Å². The molecule has 0 saturated heterocycles.